The van der Waals surface area contributed by atoms with Gasteiger partial charge in [-0.25, -0.2) is 9.69 Å². The zero-order valence-electron chi connectivity index (χ0n) is 13.3. The maximum absolute atomic E-state index is 12.6. The number of barbiturate groups is 1. The van der Waals surface area contributed by atoms with Gasteiger partial charge in [-0.3, -0.25) is 19.9 Å². The highest BCUT2D eigenvalue weighted by Gasteiger charge is 2.40. The Morgan fingerprint density at radius 2 is 1.68 bits per heavy atom. The van der Waals surface area contributed by atoms with Gasteiger partial charge in [0.1, 0.15) is 0 Å². The number of hydrogen-bond donors (Lipinski definition) is 1. The molecule has 0 aliphatic carbocycles. The van der Waals surface area contributed by atoms with E-state index in [9.17, 15) is 14.4 Å². The van der Waals surface area contributed by atoms with E-state index in [4.69, 9.17) is 11.6 Å². The normalized spacial score (nSPS) is 17.9. The van der Waals surface area contributed by atoms with Crippen molar-refractivity contribution in [3.63, 3.8) is 0 Å². The van der Waals surface area contributed by atoms with Gasteiger partial charge in [-0.15, -0.1) is 0 Å². The number of aliphatic imine (C=N–C) groups is 1. The molecule has 1 aliphatic heterocycles. The second kappa shape index (κ2) is 6.86. The second-order valence-electron chi connectivity index (χ2n) is 5.54. The minimum Gasteiger partial charge on any atom is -0.276 e. The number of halogens is 1. The van der Waals surface area contributed by atoms with Crippen molar-refractivity contribution in [1.82, 2.24) is 5.32 Å². The molecular weight excluding hydrogens is 342 g/mol. The number of imide groups is 2. The Balaban J connectivity index is 1.87. The van der Waals surface area contributed by atoms with Crippen molar-refractivity contribution >= 4 is 47.0 Å². The number of nitrogens with one attached hydrogen (secondary N) is 1. The zero-order valence-corrected chi connectivity index (χ0v) is 14.0. The van der Waals surface area contributed by atoms with E-state index < -0.39 is 23.8 Å². The van der Waals surface area contributed by atoms with Crippen LogP contribution in [0.4, 0.5) is 16.2 Å². The van der Waals surface area contributed by atoms with Crippen molar-refractivity contribution in [3.05, 3.63) is 59.1 Å². The van der Waals surface area contributed by atoms with Gasteiger partial charge >= 0.3 is 6.03 Å². The molecule has 2 aromatic carbocycles. The molecular formula is C18H14ClN3O3. The first kappa shape index (κ1) is 16.9. The van der Waals surface area contributed by atoms with Crippen LogP contribution in [0.3, 0.4) is 0 Å². The number of rotatable bonds is 3. The third kappa shape index (κ3) is 3.59. The predicted octanol–water partition coefficient (Wildman–Crippen LogP) is 3.25. The minimum atomic E-state index is -1.19. The summed E-state index contributed by atoms with van der Waals surface area (Å²) in [6.45, 7) is 1.90. The first-order chi connectivity index (χ1) is 12.0. The number of carbonyl (C=O) groups excluding carboxylic acids is 3. The lowest BCUT2D eigenvalue weighted by Gasteiger charge is -2.28. The molecule has 1 saturated heterocycles. The standard InChI is InChI=1S/C18H14ClN3O3/c1-11-2-8-14(9-3-11)22-17(24)15(16(23)21-18(22)25)10-20-13-6-4-12(19)5-7-13/h2-10,15H,1H3,(H,21,23,25)/t15-/m1/s1. The van der Waals surface area contributed by atoms with Crippen LogP contribution in [-0.2, 0) is 9.59 Å². The lowest BCUT2D eigenvalue weighted by molar-refractivity contribution is -0.131. The number of anilines is 1. The summed E-state index contributed by atoms with van der Waals surface area (Å²) >= 11 is 5.81. The quantitative estimate of drug-likeness (QED) is 0.678. The molecule has 1 heterocycles. The Morgan fingerprint density at radius 3 is 2.32 bits per heavy atom. The second-order valence-corrected chi connectivity index (χ2v) is 5.97. The first-order valence-corrected chi connectivity index (χ1v) is 7.89. The van der Waals surface area contributed by atoms with Gasteiger partial charge in [0.05, 0.1) is 11.4 Å². The molecule has 0 radical (unpaired) electrons. The van der Waals surface area contributed by atoms with E-state index in [-0.39, 0.29) is 0 Å². The van der Waals surface area contributed by atoms with Gasteiger partial charge in [-0.05, 0) is 43.3 Å². The Hall–Kier alpha value is -2.99. The molecule has 1 N–H and O–H groups in total. The lowest BCUT2D eigenvalue weighted by Crippen LogP contribution is -2.58. The van der Waals surface area contributed by atoms with Crippen LogP contribution in [0.25, 0.3) is 0 Å². The summed E-state index contributed by atoms with van der Waals surface area (Å²) in [6.07, 6.45) is 1.23. The maximum atomic E-state index is 12.6. The molecule has 2 aromatic rings. The smallest absolute Gasteiger partial charge is 0.276 e. The van der Waals surface area contributed by atoms with Crippen molar-refractivity contribution in [1.29, 1.82) is 0 Å². The van der Waals surface area contributed by atoms with Crippen LogP contribution in [0.1, 0.15) is 5.56 Å². The van der Waals surface area contributed by atoms with Crippen molar-refractivity contribution < 1.29 is 14.4 Å². The van der Waals surface area contributed by atoms with Crippen molar-refractivity contribution in [2.45, 2.75) is 6.92 Å². The van der Waals surface area contributed by atoms with Gasteiger partial charge in [-0.1, -0.05) is 29.3 Å². The molecule has 0 saturated carbocycles. The number of carbonyl (C=O) groups is 3. The maximum Gasteiger partial charge on any atom is 0.335 e. The van der Waals surface area contributed by atoms with E-state index in [1.807, 2.05) is 6.92 Å². The van der Waals surface area contributed by atoms with E-state index in [1.165, 1.54) is 6.21 Å². The van der Waals surface area contributed by atoms with Gasteiger partial charge in [0, 0.05) is 11.2 Å². The molecule has 7 heteroatoms. The summed E-state index contributed by atoms with van der Waals surface area (Å²) in [5.74, 6) is -2.53. The molecule has 1 aliphatic rings. The van der Waals surface area contributed by atoms with Crippen LogP contribution in [-0.4, -0.2) is 24.1 Å². The molecule has 0 spiro atoms. The fourth-order valence-electron chi connectivity index (χ4n) is 2.35. The van der Waals surface area contributed by atoms with Crippen LogP contribution < -0.4 is 10.2 Å². The van der Waals surface area contributed by atoms with Crippen molar-refractivity contribution in [2.24, 2.45) is 10.9 Å². The van der Waals surface area contributed by atoms with Crippen LogP contribution in [0.15, 0.2) is 53.5 Å². The Bertz CT molecular complexity index is 860. The molecule has 4 amide bonds. The van der Waals surface area contributed by atoms with Gasteiger partial charge in [0.25, 0.3) is 5.91 Å². The fourth-order valence-corrected chi connectivity index (χ4v) is 2.47. The number of aryl methyl sites for hydroxylation is 1. The van der Waals surface area contributed by atoms with Crippen LogP contribution in [0, 0.1) is 12.8 Å². The summed E-state index contributed by atoms with van der Waals surface area (Å²) in [5, 5.41) is 2.74. The topological polar surface area (TPSA) is 78.8 Å². The number of hydrogen-bond acceptors (Lipinski definition) is 4. The molecule has 126 valence electrons. The summed E-state index contributed by atoms with van der Waals surface area (Å²) in [7, 11) is 0. The van der Waals surface area contributed by atoms with E-state index in [2.05, 4.69) is 10.3 Å². The van der Waals surface area contributed by atoms with Crippen LogP contribution in [0.2, 0.25) is 5.02 Å². The molecule has 25 heavy (non-hydrogen) atoms. The van der Waals surface area contributed by atoms with Gasteiger partial charge in [0.2, 0.25) is 5.91 Å². The summed E-state index contributed by atoms with van der Waals surface area (Å²) in [6, 6.07) is 12.7. The zero-order chi connectivity index (χ0) is 18.0. The Labute approximate surface area is 149 Å². The Morgan fingerprint density at radius 1 is 1.04 bits per heavy atom. The summed E-state index contributed by atoms with van der Waals surface area (Å²) < 4.78 is 0. The molecule has 0 unspecified atom stereocenters. The molecule has 0 aromatic heterocycles. The van der Waals surface area contributed by atoms with E-state index in [1.54, 1.807) is 48.5 Å². The number of nitrogens with zero attached hydrogens (tertiary/aromatic N) is 2. The highest BCUT2D eigenvalue weighted by Crippen LogP contribution is 2.22. The molecule has 6 nitrogen and oxygen atoms in total. The van der Waals surface area contributed by atoms with Gasteiger partial charge in [0.15, 0.2) is 5.92 Å². The van der Waals surface area contributed by atoms with Crippen LogP contribution >= 0.6 is 11.6 Å². The van der Waals surface area contributed by atoms with E-state index >= 15 is 0 Å². The molecule has 3 rings (SSSR count). The monoisotopic (exact) mass is 355 g/mol. The van der Waals surface area contributed by atoms with Crippen LogP contribution in [0.5, 0.6) is 0 Å². The molecule has 1 atom stereocenters. The molecule has 0 bridgehead atoms. The van der Waals surface area contributed by atoms with Crippen molar-refractivity contribution in [2.75, 3.05) is 4.90 Å². The lowest BCUT2D eigenvalue weighted by atomic mass is 10.1. The van der Waals surface area contributed by atoms with E-state index in [0.29, 0.717) is 16.4 Å². The van der Waals surface area contributed by atoms with E-state index in [0.717, 1.165) is 10.5 Å². The average Bonchev–Trinajstić information content (AvgIpc) is 2.57. The third-order valence-corrected chi connectivity index (χ3v) is 3.95. The highest BCUT2D eigenvalue weighted by atomic mass is 35.5. The fraction of sp³-hybridized carbons (Fsp3) is 0.111. The third-order valence-electron chi connectivity index (χ3n) is 3.69. The summed E-state index contributed by atoms with van der Waals surface area (Å²) in [4.78, 5) is 41.8. The predicted molar refractivity (Wildman–Crippen MR) is 95.3 cm³/mol. The number of urea groups is 1. The Kier molecular flexibility index (Phi) is 4.63. The SMILES string of the molecule is Cc1ccc(N2C(=O)NC(=O)[C@@H](C=Nc3ccc(Cl)cc3)C2=O)cc1. The van der Waals surface area contributed by atoms with Gasteiger partial charge < -0.3 is 0 Å². The summed E-state index contributed by atoms with van der Waals surface area (Å²) in [5.41, 5.74) is 1.93. The first-order valence-electron chi connectivity index (χ1n) is 7.51. The highest BCUT2D eigenvalue weighted by molar-refractivity contribution is 6.32. The average molecular weight is 356 g/mol. The van der Waals surface area contributed by atoms with Crippen molar-refractivity contribution in [3.8, 4) is 0 Å². The molecule has 1 fully saturated rings. The largest absolute Gasteiger partial charge is 0.335 e. The number of amides is 4. The minimum absolute atomic E-state index is 0.394. The van der Waals surface area contributed by atoms with Gasteiger partial charge in [-0.2, -0.15) is 0 Å². The number of benzene rings is 2.